The van der Waals surface area contributed by atoms with E-state index in [2.05, 4.69) is 22.4 Å². The zero-order valence-electron chi connectivity index (χ0n) is 13.9. The molecule has 1 aliphatic heterocycles. The topological polar surface area (TPSA) is 54.5 Å². The highest BCUT2D eigenvalue weighted by Crippen LogP contribution is 2.31. The van der Waals surface area contributed by atoms with Crippen molar-refractivity contribution in [3.63, 3.8) is 0 Å². The largest absolute Gasteiger partial charge is 0.494 e. The van der Waals surface area contributed by atoms with Crippen LogP contribution in [0, 0.1) is 6.92 Å². The summed E-state index contributed by atoms with van der Waals surface area (Å²) in [5.74, 6) is 1.01. The van der Waals surface area contributed by atoms with E-state index in [9.17, 15) is 4.79 Å². The average molecular weight is 313 g/mol. The number of likely N-dealkylation sites (tertiary alicyclic amines) is 1. The summed E-state index contributed by atoms with van der Waals surface area (Å²) in [5.41, 5.74) is 2.88. The Labute approximate surface area is 136 Å². The second-order valence-electron chi connectivity index (χ2n) is 5.99. The Morgan fingerprint density at radius 2 is 2.30 bits per heavy atom. The van der Waals surface area contributed by atoms with Crippen molar-refractivity contribution in [2.75, 3.05) is 25.5 Å². The number of methoxy groups -OCH3 is 1. The van der Waals surface area contributed by atoms with Gasteiger partial charge in [-0.05, 0) is 25.5 Å². The number of ether oxygens (including phenoxy) is 1. The van der Waals surface area contributed by atoms with Crippen LogP contribution in [0.25, 0.3) is 10.9 Å². The number of para-hydroxylation sites is 1. The molecule has 1 saturated heterocycles. The van der Waals surface area contributed by atoms with Gasteiger partial charge in [-0.1, -0.05) is 19.1 Å². The molecule has 1 aliphatic rings. The molecule has 0 spiro atoms. The van der Waals surface area contributed by atoms with E-state index in [4.69, 9.17) is 4.74 Å². The fraction of sp³-hybridized carbons (Fsp3) is 0.444. The van der Waals surface area contributed by atoms with E-state index in [0.717, 1.165) is 47.5 Å². The lowest BCUT2D eigenvalue weighted by Gasteiger charge is -2.18. The molecular weight excluding hydrogens is 290 g/mol. The Balaban J connectivity index is 1.88. The summed E-state index contributed by atoms with van der Waals surface area (Å²) in [6.07, 6.45) is 1.54. The second-order valence-corrected chi connectivity index (χ2v) is 5.99. The average Bonchev–Trinajstić information content (AvgIpc) is 3.02. The first kappa shape index (κ1) is 15.6. The molecule has 5 heteroatoms. The Morgan fingerprint density at radius 1 is 1.48 bits per heavy atom. The van der Waals surface area contributed by atoms with Crippen molar-refractivity contribution in [1.82, 2.24) is 9.88 Å². The predicted octanol–water partition coefficient (Wildman–Crippen LogP) is 2.97. The molecule has 1 atom stereocenters. The molecule has 3 rings (SSSR count). The van der Waals surface area contributed by atoms with Crippen LogP contribution in [0.2, 0.25) is 0 Å². The number of carbonyl (C=O) groups is 1. The lowest BCUT2D eigenvalue weighted by atomic mass is 10.1. The molecule has 1 aromatic heterocycles. The van der Waals surface area contributed by atoms with Crippen molar-refractivity contribution in [2.45, 2.75) is 32.7 Å². The van der Waals surface area contributed by atoms with Gasteiger partial charge in [-0.25, -0.2) is 4.98 Å². The van der Waals surface area contributed by atoms with Crippen molar-refractivity contribution in [2.24, 2.45) is 0 Å². The number of nitrogens with one attached hydrogen (secondary N) is 1. The predicted molar refractivity (Wildman–Crippen MR) is 91.9 cm³/mol. The molecule has 2 aromatic rings. The van der Waals surface area contributed by atoms with Crippen LogP contribution in [0.1, 0.15) is 25.5 Å². The van der Waals surface area contributed by atoms with Crippen LogP contribution in [0.3, 0.4) is 0 Å². The summed E-state index contributed by atoms with van der Waals surface area (Å²) in [5, 5.41) is 4.65. The Morgan fingerprint density at radius 3 is 3.04 bits per heavy atom. The number of fused-ring (bicyclic) bond motifs is 1. The fourth-order valence-electron chi connectivity index (χ4n) is 3.18. The summed E-state index contributed by atoms with van der Waals surface area (Å²) in [6, 6.07) is 8.30. The highest BCUT2D eigenvalue weighted by Gasteiger charge is 2.25. The van der Waals surface area contributed by atoms with Crippen molar-refractivity contribution < 1.29 is 9.53 Å². The maximum atomic E-state index is 11.8. The van der Waals surface area contributed by atoms with Gasteiger partial charge in [-0.2, -0.15) is 0 Å². The van der Waals surface area contributed by atoms with E-state index >= 15 is 0 Å². The Kier molecular flexibility index (Phi) is 4.37. The molecule has 5 nitrogen and oxygen atoms in total. The number of aromatic nitrogens is 1. The molecule has 1 aromatic carbocycles. The van der Waals surface area contributed by atoms with E-state index in [1.165, 1.54) is 0 Å². The van der Waals surface area contributed by atoms with Crippen LogP contribution in [-0.4, -0.2) is 42.0 Å². The summed E-state index contributed by atoms with van der Waals surface area (Å²) in [7, 11) is 1.66. The summed E-state index contributed by atoms with van der Waals surface area (Å²) in [6.45, 7) is 5.49. The van der Waals surface area contributed by atoms with Gasteiger partial charge in [-0.3, -0.25) is 4.79 Å². The van der Waals surface area contributed by atoms with Crippen LogP contribution in [0.15, 0.2) is 24.3 Å². The zero-order valence-corrected chi connectivity index (χ0v) is 13.9. The van der Waals surface area contributed by atoms with Crippen LogP contribution in [0.5, 0.6) is 5.75 Å². The minimum atomic E-state index is 0.228. The SMILES string of the molecule is CCC(=O)N1CCC(Nc2cc(C)nc3c(OC)cccc23)C1. The molecule has 0 aliphatic carbocycles. The van der Waals surface area contributed by atoms with Gasteiger partial charge in [0.2, 0.25) is 5.91 Å². The normalized spacial score (nSPS) is 17.5. The number of aryl methyl sites for hydroxylation is 1. The third-order valence-corrected chi connectivity index (χ3v) is 4.35. The lowest BCUT2D eigenvalue weighted by molar-refractivity contribution is -0.129. The van der Waals surface area contributed by atoms with Gasteiger partial charge in [0.15, 0.2) is 0 Å². The van der Waals surface area contributed by atoms with Crippen molar-refractivity contribution in [3.8, 4) is 5.75 Å². The van der Waals surface area contributed by atoms with E-state index in [1.807, 2.05) is 30.9 Å². The minimum absolute atomic E-state index is 0.228. The summed E-state index contributed by atoms with van der Waals surface area (Å²) in [4.78, 5) is 18.4. The first-order valence-corrected chi connectivity index (χ1v) is 8.11. The van der Waals surface area contributed by atoms with Crippen LogP contribution in [-0.2, 0) is 4.79 Å². The van der Waals surface area contributed by atoms with Gasteiger partial charge in [0.1, 0.15) is 11.3 Å². The Hall–Kier alpha value is -2.30. The molecule has 1 N–H and O–H groups in total. The number of rotatable bonds is 4. The number of carbonyl (C=O) groups excluding carboxylic acids is 1. The molecule has 1 unspecified atom stereocenters. The number of hydrogen-bond acceptors (Lipinski definition) is 4. The second kappa shape index (κ2) is 6.44. The fourth-order valence-corrected chi connectivity index (χ4v) is 3.18. The van der Waals surface area contributed by atoms with E-state index in [-0.39, 0.29) is 11.9 Å². The van der Waals surface area contributed by atoms with Crippen LogP contribution < -0.4 is 10.1 Å². The highest BCUT2D eigenvalue weighted by atomic mass is 16.5. The smallest absolute Gasteiger partial charge is 0.222 e. The number of pyridine rings is 1. The number of nitrogens with zero attached hydrogens (tertiary/aromatic N) is 2. The first-order chi connectivity index (χ1) is 11.1. The zero-order chi connectivity index (χ0) is 16.4. The molecule has 0 bridgehead atoms. The van der Waals surface area contributed by atoms with Crippen LogP contribution >= 0.6 is 0 Å². The third kappa shape index (κ3) is 3.09. The minimum Gasteiger partial charge on any atom is -0.494 e. The van der Waals surface area contributed by atoms with Crippen molar-refractivity contribution >= 4 is 22.5 Å². The standard InChI is InChI=1S/C18H23N3O2/c1-4-17(22)21-9-8-13(11-21)20-15-10-12(2)19-18-14(15)6-5-7-16(18)23-3/h5-7,10,13H,4,8-9,11H2,1-3H3,(H,19,20). The van der Waals surface area contributed by atoms with Gasteiger partial charge in [0, 0.05) is 42.3 Å². The van der Waals surface area contributed by atoms with Gasteiger partial charge in [0.25, 0.3) is 0 Å². The van der Waals surface area contributed by atoms with Gasteiger partial charge in [-0.15, -0.1) is 0 Å². The molecule has 23 heavy (non-hydrogen) atoms. The molecule has 0 radical (unpaired) electrons. The lowest BCUT2D eigenvalue weighted by Crippen LogP contribution is -2.31. The monoisotopic (exact) mass is 313 g/mol. The maximum Gasteiger partial charge on any atom is 0.222 e. The van der Waals surface area contributed by atoms with Crippen molar-refractivity contribution in [1.29, 1.82) is 0 Å². The quantitative estimate of drug-likeness (QED) is 0.943. The molecule has 2 heterocycles. The molecule has 122 valence electrons. The van der Waals surface area contributed by atoms with Crippen LogP contribution in [0.4, 0.5) is 5.69 Å². The van der Waals surface area contributed by atoms with Gasteiger partial charge in [0.05, 0.1) is 7.11 Å². The third-order valence-electron chi connectivity index (χ3n) is 4.35. The number of amides is 1. The Bertz CT molecular complexity index is 730. The highest BCUT2D eigenvalue weighted by molar-refractivity contribution is 5.95. The summed E-state index contributed by atoms with van der Waals surface area (Å²) < 4.78 is 5.43. The maximum absolute atomic E-state index is 11.8. The van der Waals surface area contributed by atoms with Gasteiger partial charge >= 0.3 is 0 Å². The molecule has 1 fully saturated rings. The van der Waals surface area contributed by atoms with E-state index < -0.39 is 0 Å². The molecule has 0 saturated carbocycles. The number of anilines is 1. The molecular formula is C18H23N3O2. The number of hydrogen-bond donors (Lipinski definition) is 1. The van der Waals surface area contributed by atoms with Crippen molar-refractivity contribution in [3.05, 3.63) is 30.0 Å². The number of benzene rings is 1. The first-order valence-electron chi connectivity index (χ1n) is 8.11. The van der Waals surface area contributed by atoms with E-state index in [0.29, 0.717) is 6.42 Å². The summed E-state index contributed by atoms with van der Waals surface area (Å²) >= 11 is 0. The van der Waals surface area contributed by atoms with Gasteiger partial charge < -0.3 is 15.0 Å². The van der Waals surface area contributed by atoms with E-state index in [1.54, 1.807) is 7.11 Å². The molecule has 1 amide bonds.